The minimum atomic E-state index is 0.396. The summed E-state index contributed by atoms with van der Waals surface area (Å²) in [5.41, 5.74) is 1.33. The van der Waals surface area contributed by atoms with E-state index in [1.165, 1.54) is 37.7 Å². The van der Waals surface area contributed by atoms with Gasteiger partial charge in [-0.25, -0.2) is 0 Å². The summed E-state index contributed by atoms with van der Waals surface area (Å²) in [6.45, 7) is 11.1. The van der Waals surface area contributed by atoms with Crippen LogP contribution in [0.2, 0.25) is 0 Å². The van der Waals surface area contributed by atoms with Gasteiger partial charge < -0.3 is 9.73 Å². The van der Waals surface area contributed by atoms with Crippen molar-refractivity contribution in [1.29, 1.82) is 0 Å². The van der Waals surface area contributed by atoms with Gasteiger partial charge in [-0.05, 0) is 57.9 Å². The third kappa shape index (κ3) is 3.88. The van der Waals surface area contributed by atoms with E-state index in [2.05, 4.69) is 39.1 Å². The van der Waals surface area contributed by atoms with Gasteiger partial charge in [-0.2, -0.15) is 0 Å². The Balaban J connectivity index is 1.91. The molecule has 1 saturated carbocycles. The number of nitrogens with one attached hydrogen (secondary N) is 1. The van der Waals surface area contributed by atoms with Crippen molar-refractivity contribution in [3.05, 3.63) is 23.2 Å². The third-order valence-corrected chi connectivity index (χ3v) is 4.99. The van der Waals surface area contributed by atoms with Gasteiger partial charge in [-0.1, -0.05) is 26.7 Å². The van der Waals surface area contributed by atoms with Crippen LogP contribution in [0.4, 0.5) is 0 Å². The Labute approximate surface area is 124 Å². The molecule has 1 fully saturated rings. The average Bonchev–Trinajstić information content (AvgIpc) is 2.60. The zero-order chi connectivity index (χ0) is 14.7. The summed E-state index contributed by atoms with van der Waals surface area (Å²) in [5.74, 6) is 3.85. The molecule has 2 heteroatoms. The largest absolute Gasteiger partial charge is 0.466 e. The van der Waals surface area contributed by atoms with E-state index in [1.54, 1.807) is 0 Å². The fourth-order valence-corrected chi connectivity index (χ4v) is 3.69. The van der Waals surface area contributed by atoms with Crippen molar-refractivity contribution in [2.24, 2.45) is 11.8 Å². The fourth-order valence-electron chi connectivity index (χ4n) is 3.69. The quantitative estimate of drug-likeness (QED) is 0.770. The second kappa shape index (κ2) is 6.80. The molecule has 20 heavy (non-hydrogen) atoms. The first-order valence-electron chi connectivity index (χ1n) is 8.30. The fraction of sp³-hybridized carbons (Fsp3) is 0.778. The molecule has 3 atom stereocenters. The molecular formula is C18H31NO. The maximum absolute atomic E-state index is 5.66. The summed E-state index contributed by atoms with van der Waals surface area (Å²) in [6, 6.07) is 3.25. The summed E-state index contributed by atoms with van der Waals surface area (Å²) < 4.78 is 5.66. The van der Waals surface area contributed by atoms with Gasteiger partial charge in [0.1, 0.15) is 11.5 Å². The van der Waals surface area contributed by atoms with Gasteiger partial charge in [-0.15, -0.1) is 0 Å². The Hall–Kier alpha value is -0.760. The van der Waals surface area contributed by atoms with Crippen molar-refractivity contribution in [1.82, 2.24) is 5.32 Å². The van der Waals surface area contributed by atoms with E-state index in [9.17, 15) is 0 Å². The summed E-state index contributed by atoms with van der Waals surface area (Å²) >= 11 is 0. The predicted molar refractivity (Wildman–Crippen MR) is 84.9 cm³/mol. The van der Waals surface area contributed by atoms with Crippen LogP contribution >= 0.6 is 0 Å². The number of rotatable bonds is 4. The summed E-state index contributed by atoms with van der Waals surface area (Å²) in [4.78, 5) is 0. The molecule has 3 unspecified atom stereocenters. The molecule has 1 aliphatic carbocycles. The Bertz CT molecular complexity index is 421. The molecule has 114 valence electrons. The first kappa shape index (κ1) is 15.6. The van der Waals surface area contributed by atoms with Gasteiger partial charge in [0.2, 0.25) is 0 Å². The average molecular weight is 277 g/mol. The van der Waals surface area contributed by atoms with Crippen LogP contribution < -0.4 is 5.32 Å². The number of aryl methyl sites for hydroxylation is 2. The first-order valence-corrected chi connectivity index (χ1v) is 8.30. The highest BCUT2D eigenvalue weighted by Gasteiger charge is 2.23. The lowest BCUT2D eigenvalue weighted by atomic mass is 9.89. The molecule has 2 rings (SSSR count). The molecule has 0 aliphatic heterocycles. The second-order valence-corrected chi connectivity index (χ2v) is 6.97. The Morgan fingerprint density at radius 3 is 2.45 bits per heavy atom. The lowest BCUT2D eigenvalue weighted by Crippen LogP contribution is -2.31. The lowest BCUT2D eigenvalue weighted by Gasteiger charge is -2.22. The number of hydrogen-bond acceptors (Lipinski definition) is 2. The molecule has 0 saturated heterocycles. The predicted octanol–water partition coefficient (Wildman–Crippen LogP) is 5.15. The van der Waals surface area contributed by atoms with Crippen LogP contribution in [0, 0.1) is 25.7 Å². The van der Waals surface area contributed by atoms with Crippen LogP contribution in [0.3, 0.4) is 0 Å². The van der Waals surface area contributed by atoms with Crippen molar-refractivity contribution in [2.75, 3.05) is 0 Å². The van der Waals surface area contributed by atoms with E-state index in [0.717, 1.165) is 23.4 Å². The summed E-state index contributed by atoms with van der Waals surface area (Å²) in [5, 5.41) is 3.83. The summed E-state index contributed by atoms with van der Waals surface area (Å²) in [7, 11) is 0. The Kier molecular flexibility index (Phi) is 5.31. The van der Waals surface area contributed by atoms with Crippen LogP contribution in [0.1, 0.15) is 76.0 Å². The van der Waals surface area contributed by atoms with Crippen molar-refractivity contribution >= 4 is 0 Å². The maximum atomic E-state index is 5.66. The number of hydrogen-bond donors (Lipinski definition) is 1. The molecule has 0 amide bonds. The Morgan fingerprint density at radius 2 is 1.85 bits per heavy atom. The maximum Gasteiger partial charge on any atom is 0.105 e. The van der Waals surface area contributed by atoms with Crippen molar-refractivity contribution in [2.45, 2.75) is 78.8 Å². The SMILES string of the molecule is Cc1cc(C(C)NC2CCCC(C(C)C)CC2)c(C)o1. The van der Waals surface area contributed by atoms with E-state index < -0.39 is 0 Å². The molecule has 1 aromatic heterocycles. The van der Waals surface area contributed by atoms with Crippen LogP contribution in [0.5, 0.6) is 0 Å². The van der Waals surface area contributed by atoms with E-state index in [1.807, 2.05) is 6.92 Å². The van der Waals surface area contributed by atoms with Crippen molar-refractivity contribution in [3.63, 3.8) is 0 Å². The normalized spacial score (nSPS) is 25.7. The standard InChI is InChI=1S/C18H31NO/c1-12(2)16-7-6-8-17(10-9-16)19-14(4)18-11-13(3)20-15(18)5/h11-12,14,16-17,19H,6-10H2,1-5H3. The highest BCUT2D eigenvalue weighted by atomic mass is 16.3. The van der Waals surface area contributed by atoms with Gasteiger partial charge in [-0.3, -0.25) is 0 Å². The van der Waals surface area contributed by atoms with Gasteiger partial charge >= 0.3 is 0 Å². The van der Waals surface area contributed by atoms with Gasteiger partial charge in [0, 0.05) is 17.6 Å². The van der Waals surface area contributed by atoms with Crippen LogP contribution in [-0.2, 0) is 0 Å². The van der Waals surface area contributed by atoms with Gasteiger partial charge in [0.15, 0.2) is 0 Å². The zero-order valence-corrected chi connectivity index (χ0v) is 13.8. The highest BCUT2D eigenvalue weighted by Crippen LogP contribution is 2.30. The second-order valence-electron chi connectivity index (χ2n) is 6.97. The number of furan rings is 1. The van der Waals surface area contributed by atoms with Gasteiger partial charge in [0.25, 0.3) is 0 Å². The smallest absolute Gasteiger partial charge is 0.105 e. The topological polar surface area (TPSA) is 25.2 Å². The zero-order valence-electron chi connectivity index (χ0n) is 13.8. The highest BCUT2D eigenvalue weighted by molar-refractivity contribution is 5.23. The third-order valence-electron chi connectivity index (χ3n) is 4.99. The van der Waals surface area contributed by atoms with Crippen LogP contribution in [0.15, 0.2) is 10.5 Å². The molecule has 0 bridgehead atoms. The van der Waals surface area contributed by atoms with Crippen molar-refractivity contribution < 1.29 is 4.42 Å². The first-order chi connectivity index (χ1) is 9.47. The molecular weight excluding hydrogens is 246 g/mol. The van der Waals surface area contributed by atoms with E-state index >= 15 is 0 Å². The minimum absolute atomic E-state index is 0.396. The van der Waals surface area contributed by atoms with E-state index in [4.69, 9.17) is 4.42 Å². The van der Waals surface area contributed by atoms with Crippen molar-refractivity contribution in [3.8, 4) is 0 Å². The molecule has 0 aromatic carbocycles. The molecule has 0 spiro atoms. The van der Waals surface area contributed by atoms with E-state index in [0.29, 0.717) is 12.1 Å². The van der Waals surface area contributed by atoms with Crippen LogP contribution in [0.25, 0.3) is 0 Å². The summed E-state index contributed by atoms with van der Waals surface area (Å²) in [6.07, 6.45) is 6.81. The lowest BCUT2D eigenvalue weighted by molar-refractivity contribution is 0.335. The minimum Gasteiger partial charge on any atom is -0.466 e. The van der Waals surface area contributed by atoms with Crippen LogP contribution in [-0.4, -0.2) is 6.04 Å². The molecule has 1 heterocycles. The van der Waals surface area contributed by atoms with E-state index in [-0.39, 0.29) is 0 Å². The Morgan fingerprint density at radius 1 is 1.10 bits per heavy atom. The molecule has 0 radical (unpaired) electrons. The monoisotopic (exact) mass is 277 g/mol. The molecule has 1 aliphatic rings. The molecule has 1 N–H and O–H groups in total. The molecule has 2 nitrogen and oxygen atoms in total. The van der Waals surface area contributed by atoms with Gasteiger partial charge in [0.05, 0.1) is 0 Å². The molecule has 1 aromatic rings.